The van der Waals surface area contributed by atoms with Crippen molar-refractivity contribution in [1.29, 1.82) is 0 Å². The Hall–Kier alpha value is -0.300. The van der Waals surface area contributed by atoms with E-state index in [1.54, 1.807) is 0 Å². The van der Waals surface area contributed by atoms with Gasteiger partial charge in [-0.25, -0.2) is 0 Å². The molecular formula is C10H21N. The van der Waals surface area contributed by atoms with Crippen LogP contribution in [0.3, 0.4) is 0 Å². The fourth-order valence-electron chi connectivity index (χ4n) is 1.23. The quantitative estimate of drug-likeness (QED) is 0.552. The normalized spacial score (nSPS) is 13.5. The van der Waals surface area contributed by atoms with Crippen LogP contribution in [0.4, 0.5) is 0 Å². The van der Waals surface area contributed by atoms with Gasteiger partial charge < -0.3 is 4.90 Å². The molecule has 0 bridgehead atoms. The van der Waals surface area contributed by atoms with Gasteiger partial charge in [0.2, 0.25) is 0 Å². The fourth-order valence-corrected chi connectivity index (χ4v) is 1.23. The van der Waals surface area contributed by atoms with Crippen molar-refractivity contribution in [3.8, 4) is 0 Å². The van der Waals surface area contributed by atoms with Crippen molar-refractivity contribution in [2.75, 3.05) is 13.6 Å². The second-order valence-corrected chi connectivity index (χ2v) is 3.49. The van der Waals surface area contributed by atoms with E-state index in [0.29, 0.717) is 6.04 Å². The molecule has 1 heteroatoms. The van der Waals surface area contributed by atoms with Gasteiger partial charge in [-0.3, -0.25) is 0 Å². The molecule has 0 aromatic heterocycles. The van der Waals surface area contributed by atoms with Crippen molar-refractivity contribution in [3.05, 3.63) is 12.2 Å². The largest absolute Gasteiger partial charge is 0.303 e. The summed E-state index contributed by atoms with van der Waals surface area (Å²) in [6, 6.07) is 0.646. The Bertz CT molecular complexity index is 118. The molecule has 0 spiro atoms. The molecule has 11 heavy (non-hydrogen) atoms. The van der Waals surface area contributed by atoms with Crippen LogP contribution in [0.2, 0.25) is 0 Å². The Morgan fingerprint density at radius 2 is 2.09 bits per heavy atom. The van der Waals surface area contributed by atoms with Crippen molar-refractivity contribution in [2.24, 2.45) is 0 Å². The zero-order chi connectivity index (χ0) is 8.85. The third-order valence-corrected chi connectivity index (χ3v) is 1.97. The highest BCUT2D eigenvalue weighted by Gasteiger charge is 2.06. The summed E-state index contributed by atoms with van der Waals surface area (Å²) in [5, 5.41) is 0. The molecule has 1 unspecified atom stereocenters. The highest BCUT2D eigenvalue weighted by atomic mass is 15.1. The SMILES string of the molecule is C=C(C)CC(C)N(C)CCC. The molecular weight excluding hydrogens is 134 g/mol. The van der Waals surface area contributed by atoms with E-state index >= 15 is 0 Å². The minimum atomic E-state index is 0.646. The smallest absolute Gasteiger partial charge is 0.0101 e. The lowest BCUT2D eigenvalue weighted by Gasteiger charge is -2.23. The summed E-state index contributed by atoms with van der Waals surface area (Å²) in [6.45, 7) is 11.7. The fraction of sp³-hybridized carbons (Fsp3) is 0.800. The van der Waals surface area contributed by atoms with Crippen molar-refractivity contribution < 1.29 is 0 Å². The molecule has 0 saturated carbocycles. The van der Waals surface area contributed by atoms with Gasteiger partial charge in [0.05, 0.1) is 0 Å². The maximum atomic E-state index is 3.91. The maximum Gasteiger partial charge on any atom is 0.0101 e. The van der Waals surface area contributed by atoms with Crippen molar-refractivity contribution in [3.63, 3.8) is 0 Å². The minimum absolute atomic E-state index is 0.646. The lowest BCUT2D eigenvalue weighted by atomic mass is 10.1. The second-order valence-electron chi connectivity index (χ2n) is 3.49. The lowest BCUT2D eigenvalue weighted by Crippen LogP contribution is -2.29. The van der Waals surface area contributed by atoms with Crippen LogP contribution in [0.15, 0.2) is 12.2 Å². The van der Waals surface area contributed by atoms with E-state index in [1.807, 2.05) is 0 Å². The molecule has 0 radical (unpaired) electrons. The molecule has 0 aromatic rings. The zero-order valence-corrected chi connectivity index (χ0v) is 8.35. The Labute approximate surface area is 71.1 Å². The van der Waals surface area contributed by atoms with Gasteiger partial charge in [-0.05, 0) is 40.3 Å². The predicted octanol–water partition coefficient (Wildman–Crippen LogP) is 2.68. The molecule has 0 aromatic carbocycles. The molecule has 0 aliphatic carbocycles. The van der Waals surface area contributed by atoms with Crippen LogP contribution < -0.4 is 0 Å². The van der Waals surface area contributed by atoms with Crippen molar-refractivity contribution in [1.82, 2.24) is 4.90 Å². The standard InChI is InChI=1S/C10H21N/c1-6-7-11(5)10(4)8-9(2)3/h10H,2,6-8H2,1,3-5H3. The molecule has 0 aliphatic rings. The van der Waals surface area contributed by atoms with Crippen LogP contribution in [-0.4, -0.2) is 24.5 Å². The highest BCUT2D eigenvalue weighted by Crippen LogP contribution is 2.07. The summed E-state index contributed by atoms with van der Waals surface area (Å²) in [7, 11) is 2.18. The number of hydrogen-bond donors (Lipinski definition) is 0. The molecule has 0 fully saturated rings. The zero-order valence-electron chi connectivity index (χ0n) is 8.35. The van der Waals surface area contributed by atoms with E-state index < -0.39 is 0 Å². The average molecular weight is 155 g/mol. The Morgan fingerprint density at radius 3 is 2.45 bits per heavy atom. The summed E-state index contributed by atoms with van der Waals surface area (Å²) in [5.41, 5.74) is 1.28. The summed E-state index contributed by atoms with van der Waals surface area (Å²) in [4.78, 5) is 2.38. The van der Waals surface area contributed by atoms with E-state index in [-0.39, 0.29) is 0 Å². The van der Waals surface area contributed by atoms with Crippen LogP contribution in [-0.2, 0) is 0 Å². The molecule has 0 aliphatic heterocycles. The Kier molecular flexibility index (Phi) is 5.22. The highest BCUT2D eigenvalue weighted by molar-refractivity contribution is 4.91. The van der Waals surface area contributed by atoms with Gasteiger partial charge >= 0.3 is 0 Å². The first-order valence-corrected chi connectivity index (χ1v) is 4.42. The third kappa shape index (κ3) is 5.02. The summed E-state index contributed by atoms with van der Waals surface area (Å²) >= 11 is 0. The Morgan fingerprint density at radius 1 is 1.55 bits per heavy atom. The first-order valence-electron chi connectivity index (χ1n) is 4.42. The molecule has 1 nitrogen and oxygen atoms in total. The van der Waals surface area contributed by atoms with Gasteiger partial charge in [0.1, 0.15) is 0 Å². The second kappa shape index (κ2) is 5.36. The van der Waals surface area contributed by atoms with E-state index in [1.165, 1.54) is 18.5 Å². The van der Waals surface area contributed by atoms with Crippen LogP contribution in [0.1, 0.15) is 33.6 Å². The number of rotatable bonds is 5. The van der Waals surface area contributed by atoms with E-state index in [2.05, 4.69) is 39.3 Å². The number of nitrogens with zero attached hydrogens (tertiary/aromatic N) is 1. The summed E-state index contributed by atoms with van der Waals surface area (Å²) in [6.07, 6.45) is 2.35. The van der Waals surface area contributed by atoms with Gasteiger partial charge in [0.25, 0.3) is 0 Å². The topological polar surface area (TPSA) is 3.24 Å². The molecule has 0 N–H and O–H groups in total. The Balaban J connectivity index is 3.63. The van der Waals surface area contributed by atoms with Gasteiger partial charge in [-0.2, -0.15) is 0 Å². The predicted molar refractivity (Wildman–Crippen MR) is 51.8 cm³/mol. The summed E-state index contributed by atoms with van der Waals surface area (Å²) < 4.78 is 0. The van der Waals surface area contributed by atoms with Crippen LogP contribution in [0, 0.1) is 0 Å². The van der Waals surface area contributed by atoms with Gasteiger partial charge in [-0.15, -0.1) is 6.58 Å². The molecule has 1 atom stereocenters. The molecule has 0 rings (SSSR count). The lowest BCUT2D eigenvalue weighted by molar-refractivity contribution is 0.257. The third-order valence-electron chi connectivity index (χ3n) is 1.97. The first-order chi connectivity index (χ1) is 5.07. The minimum Gasteiger partial charge on any atom is -0.303 e. The van der Waals surface area contributed by atoms with Crippen molar-refractivity contribution in [2.45, 2.75) is 39.7 Å². The molecule has 0 amide bonds. The van der Waals surface area contributed by atoms with E-state index in [9.17, 15) is 0 Å². The maximum absolute atomic E-state index is 3.91. The summed E-state index contributed by atoms with van der Waals surface area (Å²) in [5.74, 6) is 0. The first kappa shape index (κ1) is 10.7. The molecule has 66 valence electrons. The van der Waals surface area contributed by atoms with Gasteiger partial charge in [0, 0.05) is 6.04 Å². The van der Waals surface area contributed by atoms with Crippen LogP contribution in [0.25, 0.3) is 0 Å². The van der Waals surface area contributed by atoms with E-state index in [0.717, 1.165) is 6.42 Å². The molecule has 0 heterocycles. The van der Waals surface area contributed by atoms with Gasteiger partial charge in [0.15, 0.2) is 0 Å². The van der Waals surface area contributed by atoms with Gasteiger partial charge in [-0.1, -0.05) is 12.5 Å². The monoisotopic (exact) mass is 155 g/mol. The van der Waals surface area contributed by atoms with Crippen LogP contribution >= 0.6 is 0 Å². The number of hydrogen-bond acceptors (Lipinski definition) is 1. The van der Waals surface area contributed by atoms with Crippen LogP contribution in [0.5, 0.6) is 0 Å². The van der Waals surface area contributed by atoms with Crippen molar-refractivity contribution >= 4 is 0 Å². The average Bonchev–Trinajstić information content (AvgIpc) is 1.86. The molecule has 0 saturated heterocycles. The van der Waals surface area contributed by atoms with E-state index in [4.69, 9.17) is 0 Å².